The molecule has 4 heteroatoms. The van der Waals surface area contributed by atoms with E-state index < -0.39 is 0 Å². The van der Waals surface area contributed by atoms with Crippen LogP contribution in [0.15, 0.2) is 70.1 Å². The van der Waals surface area contributed by atoms with E-state index in [0.717, 1.165) is 19.7 Å². The van der Waals surface area contributed by atoms with Gasteiger partial charge in [0, 0.05) is 19.1 Å². The standard InChI is InChI=1S/C22H23NOS2/c1-17-22(18-5-3-2-4-6-18)24-12-11-23(17)10-7-21(19-8-13-25-15-19)20-9-14-26-16-20/h2-9,13-17,22H,10-12H2,1H3. The first-order valence-corrected chi connectivity index (χ1v) is 10.9. The molecular weight excluding hydrogens is 358 g/mol. The molecule has 0 bridgehead atoms. The van der Waals surface area contributed by atoms with Crippen molar-refractivity contribution in [3.8, 4) is 0 Å². The van der Waals surface area contributed by atoms with Gasteiger partial charge in [-0.15, -0.1) is 0 Å². The molecule has 2 unspecified atom stereocenters. The van der Waals surface area contributed by atoms with Crippen molar-refractivity contribution in [2.45, 2.75) is 19.1 Å². The summed E-state index contributed by atoms with van der Waals surface area (Å²) in [5.41, 5.74) is 5.23. The number of benzene rings is 1. The lowest BCUT2D eigenvalue weighted by Crippen LogP contribution is -2.45. The minimum atomic E-state index is 0.143. The van der Waals surface area contributed by atoms with Gasteiger partial charge >= 0.3 is 0 Å². The number of rotatable bonds is 5. The normalized spacial score (nSPS) is 20.8. The highest BCUT2D eigenvalue weighted by atomic mass is 32.1. The van der Waals surface area contributed by atoms with Crippen LogP contribution in [-0.4, -0.2) is 30.6 Å². The van der Waals surface area contributed by atoms with Gasteiger partial charge in [-0.05, 0) is 62.8 Å². The van der Waals surface area contributed by atoms with E-state index in [1.54, 1.807) is 22.7 Å². The minimum Gasteiger partial charge on any atom is -0.371 e. The summed E-state index contributed by atoms with van der Waals surface area (Å²) in [5, 5.41) is 8.77. The highest BCUT2D eigenvalue weighted by Gasteiger charge is 2.29. The number of ether oxygens (including phenoxy) is 1. The van der Waals surface area contributed by atoms with Gasteiger partial charge in [-0.1, -0.05) is 36.4 Å². The van der Waals surface area contributed by atoms with Crippen molar-refractivity contribution in [3.05, 3.63) is 86.8 Å². The van der Waals surface area contributed by atoms with Crippen LogP contribution in [0.5, 0.6) is 0 Å². The van der Waals surface area contributed by atoms with Crippen molar-refractivity contribution in [3.63, 3.8) is 0 Å². The van der Waals surface area contributed by atoms with Crippen molar-refractivity contribution < 1.29 is 4.74 Å². The molecule has 0 radical (unpaired) electrons. The molecule has 2 atom stereocenters. The number of hydrogen-bond acceptors (Lipinski definition) is 4. The Labute approximate surface area is 163 Å². The average Bonchev–Trinajstić information content (AvgIpc) is 3.38. The fraction of sp³-hybridized carbons (Fsp3) is 0.273. The summed E-state index contributed by atoms with van der Waals surface area (Å²) in [6, 6.07) is 15.4. The van der Waals surface area contributed by atoms with Gasteiger partial charge in [0.05, 0.1) is 12.7 Å². The zero-order chi connectivity index (χ0) is 17.8. The molecule has 0 saturated carbocycles. The molecule has 134 valence electrons. The van der Waals surface area contributed by atoms with Crippen LogP contribution in [0.3, 0.4) is 0 Å². The first-order valence-electron chi connectivity index (χ1n) is 8.99. The average molecular weight is 382 g/mol. The van der Waals surface area contributed by atoms with E-state index >= 15 is 0 Å². The molecule has 0 amide bonds. The van der Waals surface area contributed by atoms with E-state index in [2.05, 4.69) is 81.9 Å². The number of morpholine rings is 1. The zero-order valence-corrected chi connectivity index (χ0v) is 16.5. The van der Waals surface area contributed by atoms with E-state index in [1.165, 1.54) is 22.3 Å². The van der Waals surface area contributed by atoms with Crippen LogP contribution >= 0.6 is 22.7 Å². The number of thiophene rings is 2. The molecule has 1 aliphatic rings. The third-order valence-corrected chi connectivity index (χ3v) is 6.38. The summed E-state index contributed by atoms with van der Waals surface area (Å²) in [7, 11) is 0. The van der Waals surface area contributed by atoms with Crippen LogP contribution < -0.4 is 0 Å². The van der Waals surface area contributed by atoms with Crippen LogP contribution in [0.4, 0.5) is 0 Å². The Morgan fingerprint density at radius 3 is 2.38 bits per heavy atom. The first kappa shape index (κ1) is 17.7. The van der Waals surface area contributed by atoms with Crippen molar-refractivity contribution in [2.75, 3.05) is 19.7 Å². The number of nitrogens with zero attached hydrogens (tertiary/aromatic N) is 1. The van der Waals surface area contributed by atoms with Crippen LogP contribution in [0, 0.1) is 0 Å². The lowest BCUT2D eigenvalue weighted by molar-refractivity contribution is -0.0627. The minimum absolute atomic E-state index is 0.143. The summed E-state index contributed by atoms with van der Waals surface area (Å²) < 4.78 is 6.10. The zero-order valence-electron chi connectivity index (χ0n) is 14.9. The van der Waals surface area contributed by atoms with Gasteiger partial charge in [-0.25, -0.2) is 0 Å². The summed E-state index contributed by atoms with van der Waals surface area (Å²) in [5.74, 6) is 0. The molecule has 1 aromatic carbocycles. The second kappa shape index (κ2) is 8.31. The van der Waals surface area contributed by atoms with Gasteiger partial charge in [0.2, 0.25) is 0 Å². The monoisotopic (exact) mass is 381 g/mol. The summed E-state index contributed by atoms with van der Waals surface area (Å²) >= 11 is 3.51. The SMILES string of the molecule is CC1C(c2ccccc2)OCCN1CC=C(c1ccsc1)c1ccsc1. The fourth-order valence-corrected chi connectivity index (χ4v) is 4.86. The third-order valence-electron chi connectivity index (χ3n) is 5.01. The molecule has 0 N–H and O–H groups in total. The fourth-order valence-electron chi connectivity index (χ4n) is 3.55. The highest BCUT2D eigenvalue weighted by molar-refractivity contribution is 7.08. The quantitative estimate of drug-likeness (QED) is 0.562. The van der Waals surface area contributed by atoms with Crippen molar-refractivity contribution >= 4 is 28.2 Å². The maximum absolute atomic E-state index is 6.10. The van der Waals surface area contributed by atoms with E-state index in [4.69, 9.17) is 4.74 Å². The van der Waals surface area contributed by atoms with E-state index in [1.807, 2.05) is 0 Å². The van der Waals surface area contributed by atoms with Crippen molar-refractivity contribution in [1.82, 2.24) is 4.90 Å². The molecule has 3 aromatic rings. The van der Waals surface area contributed by atoms with Gasteiger partial charge in [0.1, 0.15) is 0 Å². The van der Waals surface area contributed by atoms with Crippen LogP contribution in [0.1, 0.15) is 29.7 Å². The smallest absolute Gasteiger partial charge is 0.0978 e. The Morgan fingerprint density at radius 2 is 1.77 bits per heavy atom. The van der Waals surface area contributed by atoms with Gasteiger partial charge in [0.15, 0.2) is 0 Å². The van der Waals surface area contributed by atoms with E-state index in [9.17, 15) is 0 Å². The van der Waals surface area contributed by atoms with E-state index in [0.29, 0.717) is 6.04 Å². The molecule has 1 saturated heterocycles. The van der Waals surface area contributed by atoms with Gasteiger partial charge in [-0.3, -0.25) is 4.90 Å². The van der Waals surface area contributed by atoms with Gasteiger partial charge in [-0.2, -0.15) is 22.7 Å². The van der Waals surface area contributed by atoms with Gasteiger partial charge < -0.3 is 4.74 Å². The maximum atomic E-state index is 6.10. The van der Waals surface area contributed by atoms with Crippen molar-refractivity contribution in [1.29, 1.82) is 0 Å². The predicted molar refractivity (Wildman–Crippen MR) is 112 cm³/mol. The highest BCUT2D eigenvalue weighted by Crippen LogP contribution is 2.30. The second-order valence-corrected chi connectivity index (χ2v) is 8.14. The van der Waals surface area contributed by atoms with Crippen LogP contribution in [-0.2, 0) is 4.74 Å². The summed E-state index contributed by atoms with van der Waals surface area (Å²) in [4.78, 5) is 2.53. The van der Waals surface area contributed by atoms with Crippen LogP contribution in [0.25, 0.3) is 5.57 Å². The Hall–Kier alpha value is -1.72. The number of hydrogen-bond donors (Lipinski definition) is 0. The largest absolute Gasteiger partial charge is 0.371 e. The lowest BCUT2D eigenvalue weighted by Gasteiger charge is -2.39. The Morgan fingerprint density at radius 1 is 1.08 bits per heavy atom. The molecule has 0 spiro atoms. The van der Waals surface area contributed by atoms with Crippen LogP contribution in [0.2, 0.25) is 0 Å². The molecule has 1 aliphatic heterocycles. The first-order chi connectivity index (χ1) is 12.8. The Balaban J connectivity index is 1.54. The van der Waals surface area contributed by atoms with E-state index in [-0.39, 0.29) is 6.10 Å². The topological polar surface area (TPSA) is 12.5 Å². The summed E-state index contributed by atoms with van der Waals surface area (Å²) in [6.07, 6.45) is 2.53. The van der Waals surface area contributed by atoms with Crippen molar-refractivity contribution in [2.24, 2.45) is 0 Å². The predicted octanol–water partition coefficient (Wildman–Crippen LogP) is 5.70. The molecule has 3 heterocycles. The molecule has 1 fully saturated rings. The molecule has 26 heavy (non-hydrogen) atoms. The molecule has 4 rings (SSSR count). The maximum Gasteiger partial charge on any atom is 0.0978 e. The second-order valence-electron chi connectivity index (χ2n) is 6.58. The lowest BCUT2D eigenvalue weighted by atomic mass is 9.99. The molecule has 2 aromatic heterocycles. The third kappa shape index (κ3) is 3.84. The Bertz CT molecular complexity index is 788. The molecule has 0 aliphatic carbocycles. The summed E-state index contributed by atoms with van der Waals surface area (Å²) in [6.45, 7) is 4.97. The Kier molecular flexibility index (Phi) is 5.65. The molecule has 2 nitrogen and oxygen atoms in total. The molecular formula is C22H23NOS2. The van der Waals surface area contributed by atoms with Gasteiger partial charge in [0.25, 0.3) is 0 Å².